The van der Waals surface area contributed by atoms with Gasteiger partial charge in [0.25, 0.3) is 0 Å². The summed E-state index contributed by atoms with van der Waals surface area (Å²) in [5, 5.41) is 16.5. The van der Waals surface area contributed by atoms with Crippen LogP contribution in [-0.2, 0) is 9.59 Å². The molecule has 0 aromatic rings. The molecular weight excluding hydrogens is 148 g/mol. The number of Topliss-reactive ketones (excluding diaryl/α,β-unsaturated/α-hetero) is 1. The number of aliphatic carboxylic acids is 1. The van der Waals surface area contributed by atoms with Crippen LogP contribution in [0.5, 0.6) is 0 Å². The summed E-state index contributed by atoms with van der Waals surface area (Å²) in [6, 6.07) is 0. The molecule has 0 spiro atoms. The highest BCUT2D eigenvalue weighted by atomic mass is 16.4. The average molecular weight is 160 g/mol. The smallest absolute Gasteiger partial charge is 0.372 e. The van der Waals surface area contributed by atoms with Gasteiger partial charge in [0.15, 0.2) is 0 Å². The third kappa shape index (κ3) is 5.54. The fourth-order valence-corrected chi connectivity index (χ4v) is 0.681. The van der Waals surface area contributed by atoms with E-state index in [-0.39, 0.29) is 13.0 Å². The Morgan fingerprint density at radius 3 is 2.18 bits per heavy atom. The van der Waals surface area contributed by atoms with Gasteiger partial charge in [0, 0.05) is 13.0 Å². The first-order chi connectivity index (χ1) is 5.18. The molecule has 0 aromatic heterocycles. The van der Waals surface area contributed by atoms with E-state index in [1.165, 1.54) is 0 Å². The molecule has 0 radical (unpaired) electrons. The summed E-state index contributed by atoms with van der Waals surface area (Å²) in [6.07, 6.45) is 1.96. The number of hydrogen-bond acceptors (Lipinski definition) is 3. The Labute approximate surface area is 64.8 Å². The van der Waals surface area contributed by atoms with Gasteiger partial charge in [-0.25, -0.2) is 4.79 Å². The van der Waals surface area contributed by atoms with Crippen LogP contribution in [-0.4, -0.2) is 28.6 Å². The summed E-state index contributed by atoms with van der Waals surface area (Å²) >= 11 is 0. The summed E-state index contributed by atoms with van der Waals surface area (Å²) in [7, 11) is 0. The topological polar surface area (TPSA) is 74.6 Å². The third-order valence-electron chi connectivity index (χ3n) is 1.30. The first-order valence-corrected chi connectivity index (χ1v) is 3.55. The van der Waals surface area contributed by atoms with Crippen molar-refractivity contribution in [3.8, 4) is 0 Å². The van der Waals surface area contributed by atoms with E-state index in [0.29, 0.717) is 19.3 Å². The molecule has 0 unspecified atom stereocenters. The quantitative estimate of drug-likeness (QED) is 0.429. The monoisotopic (exact) mass is 160 g/mol. The molecule has 0 aliphatic carbocycles. The van der Waals surface area contributed by atoms with Gasteiger partial charge in [-0.2, -0.15) is 0 Å². The molecule has 0 fully saturated rings. The SMILES string of the molecule is O=C(O)C(=O)CCCCCO. The van der Waals surface area contributed by atoms with Crippen molar-refractivity contribution in [3.63, 3.8) is 0 Å². The third-order valence-corrected chi connectivity index (χ3v) is 1.30. The second kappa shape index (κ2) is 5.85. The van der Waals surface area contributed by atoms with Crippen LogP contribution in [0.2, 0.25) is 0 Å². The highest BCUT2D eigenvalue weighted by molar-refractivity contribution is 6.32. The van der Waals surface area contributed by atoms with Gasteiger partial charge in [-0.3, -0.25) is 4.79 Å². The number of carbonyl (C=O) groups excluding carboxylic acids is 1. The van der Waals surface area contributed by atoms with Crippen molar-refractivity contribution in [1.82, 2.24) is 0 Å². The number of aliphatic hydroxyl groups is 1. The van der Waals surface area contributed by atoms with E-state index < -0.39 is 11.8 Å². The van der Waals surface area contributed by atoms with Gasteiger partial charge in [-0.15, -0.1) is 0 Å². The maximum Gasteiger partial charge on any atom is 0.372 e. The molecule has 0 bridgehead atoms. The van der Waals surface area contributed by atoms with Crippen LogP contribution < -0.4 is 0 Å². The lowest BCUT2D eigenvalue weighted by molar-refractivity contribution is -0.149. The van der Waals surface area contributed by atoms with Crippen molar-refractivity contribution in [2.24, 2.45) is 0 Å². The van der Waals surface area contributed by atoms with Gasteiger partial charge >= 0.3 is 5.97 Å². The molecular formula is C7H12O4. The van der Waals surface area contributed by atoms with Gasteiger partial charge in [-0.1, -0.05) is 6.42 Å². The molecule has 0 saturated carbocycles. The van der Waals surface area contributed by atoms with Crippen LogP contribution in [0, 0.1) is 0 Å². The zero-order valence-corrected chi connectivity index (χ0v) is 6.25. The Bertz CT molecular complexity index is 141. The van der Waals surface area contributed by atoms with Gasteiger partial charge in [0.2, 0.25) is 5.78 Å². The maximum absolute atomic E-state index is 10.4. The lowest BCUT2D eigenvalue weighted by Crippen LogP contribution is -2.11. The molecule has 0 aliphatic rings. The number of carbonyl (C=O) groups is 2. The lowest BCUT2D eigenvalue weighted by Gasteiger charge is -1.94. The Kier molecular flexibility index (Phi) is 5.37. The number of rotatable bonds is 6. The van der Waals surface area contributed by atoms with Crippen LogP contribution >= 0.6 is 0 Å². The van der Waals surface area contributed by atoms with Crippen LogP contribution in [0.25, 0.3) is 0 Å². The molecule has 0 aliphatic heterocycles. The first-order valence-electron chi connectivity index (χ1n) is 3.55. The van der Waals surface area contributed by atoms with E-state index >= 15 is 0 Å². The van der Waals surface area contributed by atoms with E-state index in [0.717, 1.165) is 0 Å². The first kappa shape index (κ1) is 10.1. The number of unbranched alkanes of at least 4 members (excludes halogenated alkanes) is 2. The molecule has 0 aromatic carbocycles. The van der Waals surface area contributed by atoms with Crippen molar-refractivity contribution >= 4 is 11.8 Å². The molecule has 4 nitrogen and oxygen atoms in total. The molecule has 2 N–H and O–H groups in total. The van der Waals surface area contributed by atoms with Crippen molar-refractivity contribution in [3.05, 3.63) is 0 Å². The molecule has 4 heteroatoms. The summed E-state index contributed by atoms with van der Waals surface area (Å²) in [6.45, 7) is 0.0985. The summed E-state index contributed by atoms with van der Waals surface area (Å²) < 4.78 is 0. The summed E-state index contributed by atoms with van der Waals surface area (Å²) in [5.41, 5.74) is 0. The second-order valence-electron chi connectivity index (χ2n) is 2.26. The molecule has 0 amide bonds. The van der Waals surface area contributed by atoms with E-state index in [4.69, 9.17) is 10.2 Å². The van der Waals surface area contributed by atoms with Crippen molar-refractivity contribution < 1.29 is 19.8 Å². The number of ketones is 1. The van der Waals surface area contributed by atoms with Crippen LogP contribution in [0.1, 0.15) is 25.7 Å². The molecule has 0 heterocycles. The Hall–Kier alpha value is -0.900. The Morgan fingerprint density at radius 1 is 1.09 bits per heavy atom. The lowest BCUT2D eigenvalue weighted by atomic mass is 10.1. The standard InChI is InChI=1S/C7H12O4/c8-5-3-1-2-4-6(9)7(10)11/h8H,1-5H2,(H,10,11). The zero-order chi connectivity index (χ0) is 8.69. The fraction of sp³-hybridized carbons (Fsp3) is 0.714. The van der Waals surface area contributed by atoms with E-state index in [2.05, 4.69) is 0 Å². The predicted octanol–water partition coefficient (Wildman–Crippen LogP) is 0.193. The minimum absolute atomic E-state index is 0.0787. The maximum atomic E-state index is 10.4. The Balaban J connectivity index is 3.25. The minimum atomic E-state index is -1.37. The molecule has 64 valence electrons. The second-order valence-corrected chi connectivity index (χ2v) is 2.26. The van der Waals surface area contributed by atoms with Crippen molar-refractivity contribution in [2.75, 3.05) is 6.61 Å². The largest absolute Gasteiger partial charge is 0.476 e. The zero-order valence-electron chi connectivity index (χ0n) is 6.25. The van der Waals surface area contributed by atoms with E-state index in [1.54, 1.807) is 0 Å². The van der Waals surface area contributed by atoms with Crippen molar-refractivity contribution in [2.45, 2.75) is 25.7 Å². The highest BCUT2D eigenvalue weighted by Gasteiger charge is 2.09. The van der Waals surface area contributed by atoms with Gasteiger partial charge < -0.3 is 10.2 Å². The van der Waals surface area contributed by atoms with Gasteiger partial charge in [0.05, 0.1) is 0 Å². The number of carboxylic acid groups (broad SMARTS) is 1. The fourth-order valence-electron chi connectivity index (χ4n) is 0.681. The minimum Gasteiger partial charge on any atom is -0.476 e. The molecule has 11 heavy (non-hydrogen) atoms. The number of hydrogen-bond donors (Lipinski definition) is 2. The van der Waals surface area contributed by atoms with Crippen LogP contribution in [0.15, 0.2) is 0 Å². The van der Waals surface area contributed by atoms with Crippen LogP contribution in [0.3, 0.4) is 0 Å². The van der Waals surface area contributed by atoms with E-state index in [1.807, 2.05) is 0 Å². The van der Waals surface area contributed by atoms with Gasteiger partial charge in [0.1, 0.15) is 0 Å². The molecule has 0 atom stereocenters. The van der Waals surface area contributed by atoms with E-state index in [9.17, 15) is 9.59 Å². The molecule has 0 rings (SSSR count). The van der Waals surface area contributed by atoms with Gasteiger partial charge in [-0.05, 0) is 12.8 Å². The van der Waals surface area contributed by atoms with Crippen LogP contribution in [0.4, 0.5) is 0 Å². The summed E-state index contributed by atoms with van der Waals surface area (Å²) in [5.74, 6) is -2.11. The van der Waals surface area contributed by atoms with Crippen molar-refractivity contribution in [1.29, 1.82) is 0 Å². The Morgan fingerprint density at radius 2 is 1.73 bits per heavy atom. The molecule has 0 saturated heterocycles. The normalized spacial score (nSPS) is 9.55. The summed E-state index contributed by atoms with van der Waals surface area (Å²) in [4.78, 5) is 20.4. The predicted molar refractivity (Wildman–Crippen MR) is 38.2 cm³/mol. The average Bonchev–Trinajstić information content (AvgIpc) is 1.97. The number of carboxylic acids is 1. The highest BCUT2D eigenvalue weighted by Crippen LogP contribution is 1.99. The number of aliphatic hydroxyl groups excluding tert-OH is 1.